The van der Waals surface area contributed by atoms with Gasteiger partial charge in [0.05, 0.1) is 5.69 Å². The van der Waals surface area contributed by atoms with Crippen molar-refractivity contribution in [1.29, 1.82) is 0 Å². The van der Waals surface area contributed by atoms with Gasteiger partial charge in [-0.3, -0.25) is 14.4 Å². The van der Waals surface area contributed by atoms with Crippen LogP contribution in [0.4, 0.5) is 10.5 Å². The molecule has 0 radical (unpaired) electrons. The molecule has 9 heteroatoms. The van der Waals surface area contributed by atoms with Crippen LogP contribution >= 0.6 is 11.6 Å². The Labute approximate surface area is 143 Å². The second-order valence-corrected chi connectivity index (χ2v) is 5.77. The van der Waals surface area contributed by atoms with E-state index in [0.29, 0.717) is 10.7 Å². The average Bonchev–Trinajstić information content (AvgIpc) is 2.79. The summed E-state index contributed by atoms with van der Waals surface area (Å²) < 4.78 is 0. The molecule has 24 heavy (non-hydrogen) atoms. The quantitative estimate of drug-likeness (QED) is 0.744. The van der Waals surface area contributed by atoms with Gasteiger partial charge in [-0.15, -0.1) is 0 Å². The SMILES string of the molecule is CN(CC(=O)O)C(=O)CCC1NC(=O)N(c2ccc(Cl)cc2)C1=O. The molecule has 1 aromatic carbocycles. The highest BCUT2D eigenvalue weighted by Gasteiger charge is 2.39. The van der Waals surface area contributed by atoms with Crippen LogP contribution in [0.15, 0.2) is 24.3 Å². The van der Waals surface area contributed by atoms with Crippen LogP contribution < -0.4 is 10.2 Å². The minimum atomic E-state index is -1.12. The Kier molecular flexibility index (Phi) is 5.40. The van der Waals surface area contributed by atoms with Gasteiger partial charge < -0.3 is 15.3 Å². The molecule has 0 aromatic heterocycles. The van der Waals surface area contributed by atoms with Crippen molar-refractivity contribution in [3.8, 4) is 0 Å². The standard InChI is InChI=1S/C15H16ClN3O5/c1-18(8-13(21)22)12(20)7-6-11-14(23)19(15(24)17-11)10-4-2-9(16)3-5-10/h2-5,11H,6-8H2,1H3,(H,17,24)(H,21,22). The minimum absolute atomic E-state index is 0.0467. The van der Waals surface area contributed by atoms with E-state index in [9.17, 15) is 19.2 Å². The number of imide groups is 1. The van der Waals surface area contributed by atoms with Crippen molar-refractivity contribution in [1.82, 2.24) is 10.2 Å². The zero-order valence-corrected chi connectivity index (χ0v) is 13.6. The molecule has 0 bridgehead atoms. The molecule has 8 nitrogen and oxygen atoms in total. The van der Waals surface area contributed by atoms with Crippen LogP contribution in [0, 0.1) is 0 Å². The molecule has 1 aliphatic heterocycles. The predicted molar refractivity (Wildman–Crippen MR) is 85.8 cm³/mol. The summed E-state index contributed by atoms with van der Waals surface area (Å²) >= 11 is 5.78. The summed E-state index contributed by atoms with van der Waals surface area (Å²) in [5.41, 5.74) is 0.388. The number of carboxylic acids is 1. The summed E-state index contributed by atoms with van der Waals surface area (Å²) in [5.74, 6) is -1.99. The number of rotatable bonds is 6. The lowest BCUT2D eigenvalue weighted by Crippen LogP contribution is -2.35. The van der Waals surface area contributed by atoms with Crippen molar-refractivity contribution < 1.29 is 24.3 Å². The number of urea groups is 1. The maximum absolute atomic E-state index is 12.4. The maximum atomic E-state index is 12.4. The number of carbonyl (C=O) groups excluding carboxylic acids is 3. The molecule has 128 valence electrons. The number of hydrogen-bond acceptors (Lipinski definition) is 4. The van der Waals surface area contributed by atoms with Crippen molar-refractivity contribution in [2.45, 2.75) is 18.9 Å². The molecule has 0 spiro atoms. The van der Waals surface area contributed by atoms with Crippen molar-refractivity contribution in [2.75, 3.05) is 18.5 Å². The summed E-state index contributed by atoms with van der Waals surface area (Å²) in [6.07, 6.45) is 0.0480. The monoisotopic (exact) mass is 353 g/mol. The van der Waals surface area contributed by atoms with Gasteiger partial charge in [0.15, 0.2) is 0 Å². The van der Waals surface area contributed by atoms with Crippen molar-refractivity contribution in [3.05, 3.63) is 29.3 Å². The van der Waals surface area contributed by atoms with Gasteiger partial charge in [0.1, 0.15) is 12.6 Å². The summed E-state index contributed by atoms with van der Waals surface area (Å²) in [7, 11) is 1.37. The highest BCUT2D eigenvalue weighted by Crippen LogP contribution is 2.23. The van der Waals surface area contributed by atoms with Gasteiger partial charge in [0.2, 0.25) is 5.91 Å². The molecule has 0 saturated carbocycles. The van der Waals surface area contributed by atoms with E-state index in [1.54, 1.807) is 24.3 Å². The van der Waals surface area contributed by atoms with Gasteiger partial charge >= 0.3 is 12.0 Å². The van der Waals surface area contributed by atoms with E-state index in [1.165, 1.54) is 7.05 Å². The van der Waals surface area contributed by atoms with Crippen LogP contribution in [0.1, 0.15) is 12.8 Å². The highest BCUT2D eigenvalue weighted by molar-refractivity contribution is 6.30. The molecular formula is C15H16ClN3O5. The van der Waals surface area contributed by atoms with Crippen molar-refractivity contribution in [2.24, 2.45) is 0 Å². The van der Waals surface area contributed by atoms with E-state index >= 15 is 0 Å². The number of hydrogen-bond donors (Lipinski definition) is 2. The summed E-state index contributed by atoms with van der Waals surface area (Å²) in [5, 5.41) is 11.6. The van der Waals surface area contributed by atoms with E-state index in [2.05, 4.69) is 5.32 Å². The number of halogens is 1. The highest BCUT2D eigenvalue weighted by atomic mass is 35.5. The first-order chi connectivity index (χ1) is 11.3. The average molecular weight is 354 g/mol. The fourth-order valence-corrected chi connectivity index (χ4v) is 2.44. The molecule has 4 amide bonds. The minimum Gasteiger partial charge on any atom is -0.480 e. The third kappa shape index (κ3) is 4.02. The molecule has 1 heterocycles. The topological polar surface area (TPSA) is 107 Å². The number of anilines is 1. The van der Waals surface area contributed by atoms with E-state index < -0.39 is 36.4 Å². The van der Waals surface area contributed by atoms with Crippen molar-refractivity contribution >= 4 is 41.1 Å². The zero-order chi connectivity index (χ0) is 17.9. The Bertz CT molecular complexity index is 676. The predicted octanol–water partition coefficient (Wildman–Crippen LogP) is 1.09. The van der Waals surface area contributed by atoms with Crippen LogP contribution in [0.3, 0.4) is 0 Å². The summed E-state index contributed by atoms with van der Waals surface area (Å²) in [6, 6.07) is 4.83. The van der Waals surface area contributed by atoms with Crippen molar-refractivity contribution in [3.63, 3.8) is 0 Å². The molecule has 1 fully saturated rings. The Hall–Kier alpha value is -2.61. The molecular weight excluding hydrogens is 338 g/mol. The van der Waals surface area contributed by atoms with Gasteiger partial charge in [-0.2, -0.15) is 0 Å². The first kappa shape index (κ1) is 17.7. The lowest BCUT2D eigenvalue weighted by molar-refractivity contribution is -0.143. The first-order valence-electron chi connectivity index (χ1n) is 7.15. The summed E-state index contributed by atoms with van der Waals surface area (Å²) in [6.45, 7) is -0.416. The number of amides is 4. The molecule has 1 aliphatic rings. The normalized spacial score (nSPS) is 16.9. The van der Waals surface area contributed by atoms with Crippen LogP contribution in [0.2, 0.25) is 5.02 Å². The largest absolute Gasteiger partial charge is 0.480 e. The number of nitrogens with one attached hydrogen (secondary N) is 1. The third-order valence-electron chi connectivity index (χ3n) is 3.55. The third-order valence-corrected chi connectivity index (χ3v) is 3.80. The van der Waals surface area contributed by atoms with Crippen LogP contribution in [0.25, 0.3) is 0 Å². The molecule has 1 saturated heterocycles. The Morgan fingerprint density at radius 1 is 1.29 bits per heavy atom. The number of benzene rings is 1. The molecule has 2 rings (SSSR count). The fourth-order valence-electron chi connectivity index (χ4n) is 2.31. The maximum Gasteiger partial charge on any atom is 0.329 e. The Morgan fingerprint density at radius 3 is 2.50 bits per heavy atom. The lowest BCUT2D eigenvalue weighted by atomic mass is 10.1. The molecule has 1 aromatic rings. The fraction of sp³-hybridized carbons (Fsp3) is 0.333. The zero-order valence-electron chi connectivity index (χ0n) is 12.9. The molecule has 2 N–H and O–H groups in total. The van der Waals surface area contributed by atoms with E-state index in [0.717, 1.165) is 9.80 Å². The second kappa shape index (κ2) is 7.31. The molecule has 0 aliphatic carbocycles. The number of aliphatic carboxylic acids is 1. The Morgan fingerprint density at radius 2 is 1.92 bits per heavy atom. The summed E-state index contributed by atoms with van der Waals surface area (Å²) in [4.78, 5) is 48.8. The van der Waals surface area contributed by atoms with Crippen LogP contribution in [-0.2, 0) is 14.4 Å². The van der Waals surface area contributed by atoms with E-state index in [4.69, 9.17) is 16.7 Å². The number of carbonyl (C=O) groups is 4. The van der Waals surface area contributed by atoms with Gasteiger partial charge in [-0.25, -0.2) is 9.69 Å². The van der Waals surface area contributed by atoms with Gasteiger partial charge in [0.25, 0.3) is 5.91 Å². The Balaban J connectivity index is 1.97. The second-order valence-electron chi connectivity index (χ2n) is 5.33. The van der Waals surface area contributed by atoms with Crippen LogP contribution in [0.5, 0.6) is 0 Å². The number of nitrogens with zero attached hydrogens (tertiary/aromatic N) is 2. The van der Waals surface area contributed by atoms with Gasteiger partial charge in [-0.05, 0) is 30.7 Å². The van der Waals surface area contributed by atoms with Gasteiger partial charge in [0, 0.05) is 18.5 Å². The first-order valence-corrected chi connectivity index (χ1v) is 7.53. The lowest BCUT2D eigenvalue weighted by Gasteiger charge is -2.16. The van der Waals surface area contributed by atoms with E-state index in [-0.39, 0.29) is 12.8 Å². The smallest absolute Gasteiger partial charge is 0.329 e. The van der Waals surface area contributed by atoms with Gasteiger partial charge in [-0.1, -0.05) is 11.6 Å². The van der Waals surface area contributed by atoms with E-state index in [1.807, 2.05) is 0 Å². The number of carboxylic acid groups (broad SMARTS) is 1. The molecule has 1 atom stereocenters. The molecule has 1 unspecified atom stereocenters. The number of likely N-dealkylation sites (N-methyl/N-ethyl adjacent to an activating group) is 1. The van der Waals surface area contributed by atoms with Crippen LogP contribution in [-0.4, -0.2) is 53.5 Å².